The van der Waals surface area contributed by atoms with Crippen LogP contribution in [0.1, 0.15) is 73.1 Å². The van der Waals surface area contributed by atoms with E-state index in [1.54, 1.807) is 41.3 Å². The molecule has 7 atom stereocenters. The van der Waals surface area contributed by atoms with Gasteiger partial charge >= 0.3 is 11.9 Å². The van der Waals surface area contributed by atoms with E-state index in [-0.39, 0.29) is 54.5 Å². The monoisotopic (exact) mass is 500 g/mol. The molecule has 0 aliphatic heterocycles. The zero-order chi connectivity index (χ0) is 27.0. The molecule has 0 bridgehead atoms. The molecule has 0 aliphatic rings. The number of carbonyl (C=O) groups excluding carboxylic acids is 3. The van der Waals surface area contributed by atoms with Gasteiger partial charge in [-0.1, -0.05) is 40.7 Å². The van der Waals surface area contributed by atoms with Gasteiger partial charge in [-0.2, -0.15) is 0 Å². The second kappa shape index (κ2) is 18.3. The molecule has 0 fully saturated rings. The van der Waals surface area contributed by atoms with Crippen LogP contribution >= 0.6 is 0 Å². The lowest BCUT2D eigenvalue weighted by atomic mass is 9.86. The fourth-order valence-corrected chi connectivity index (χ4v) is 4.03. The lowest BCUT2D eigenvalue weighted by Gasteiger charge is -2.34. The highest BCUT2D eigenvalue weighted by Gasteiger charge is 2.33. The van der Waals surface area contributed by atoms with Crippen molar-refractivity contribution in [2.75, 3.05) is 21.3 Å². The Morgan fingerprint density at radius 1 is 0.943 bits per heavy atom. The first kappa shape index (κ1) is 33.0. The Morgan fingerprint density at radius 2 is 1.54 bits per heavy atom. The molecule has 9 nitrogen and oxygen atoms in total. The predicted octanol–water partition coefficient (Wildman–Crippen LogP) is 3.44. The minimum atomic E-state index is -0.407. The summed E-state index contributed by atoms with van der Waals surface area (Å²) in [6, 6.07) is -0.330. The fourth-order valence-electron chi connectivity index (χ4n) is 4.03. The Balaban J connectivity index is 5.39. The SMILES string of the molecule is CCC(=O)O[C@H](CC)C[C@H](OC)[C@@H](N)CC[C@@H](OC(=O)CC)[C@H](C)[C@H](OC)[C@H](C)/C=C/N(C)C=O. The minimum Gasteiger partial charge on any atom is -0.462 e. The summed E-state index contributed by atoms with van der Waals surface area (Å²) < 4.78 is 22.7. The largest absolute Gasteiger partial charge is 0.462 e. The van der Waals surface area contributed by atoms with Crippen LogP contribution in [0.2, 0.25) is 0 Å². The van der Waals surface area contributed by atoms with Gasteiger partial charge in [0.25, 0.3) is 0 Å². The maximum absolute atomic E-state index is 12.2. The smallest absolute Gasteiger partial charge is 0.305 e. The average molecular weight is 501 g/mol. The van der Waals surface area contributed by atoms with Gasteiger partial charge in [-0.15, -0.1) is 0 Å². The molecule has 0 unspecified atom stereocenters. The number of amides is 1. The standard InChI is InChI=1S/C26H48N2O7/c1-9-20(34-24(30)10-2)16-23(32-7)21(27)12-13-22(35-25(31)11-3)19(5)26(33-8)18(4)14-15-28(6)17-29/h14-15,17-23,26H,9-13,16,27H2,1-8H3/b15-14+/t18-,19+,20-,21+,22-,23+,26-/m1/s1. The summed E-state index contributed by atoms with van der Waals surface area (Å²) in [6.45, 7) is 9.46. The number of rotatable bonds is 19. The van der Waals surface area contributed by atoms with Crippen molar-refractivity contribution in [3.8, 4) is 0 Å². The van der Waals surface area contributed by atoms with Gasteiger partial charge in [-0.25, -0.2) is 0 Å². The van der Waals surface area contributed by atoms with Crippen molar-refractivity contribution in [1.29, 1.82) is 0 Å². The number of methoxy groups -OCH3 is 2. The van der Waals surface area contributed by atoms with Crippen molar-refractivity contribution in [3.63, 3.8) is 0 Å². The Labute approximate surface area is 211 Å². The summed E-state index contributed by atoms with van der Waals surface area (Å²) in [5.74, 6) is -0.679. The Bertz CT molecular complexity index is 643. The van der Waals surface area contributed by atoms with E-state index < -0.39 is 6.10 Å². The van der Waals surface area contributed by atoms with Crippen molar-refractivity contribution in [2.45, 2.75) is 104 Å². The lowest BCUT2D eigenvalue weighted by Crippen LogP contribution is -2.42. The first-order chi connectivity index (χ1) is 16.6. The van der Waals surface area contributed by atoms with Crippen molar-refractivity contribution in [3.05, 3.63) is 12.3 Å². The van der Waals surface area contributed by atoms with Crippen LogP contribution in [-0.2, 0) is 33.3 Å². The van der Waals surface area contributed by atoms with E-state index >= 15 is 0 Å². The van der Waals surface area contributed by atoms with Crippen molar-refractivity contribution < 1.29 is 33.3 Å². The van der Waals surface area contributed by atoms with Crippen LogP contribution in [0.4, 0.5) is 0 Å². The normalized spacial score (nSPS) is 17.6. The second-order valence-electron chi connectivity index (χ2n) is 9.04. The fraction of sp³-hybridized carbons (Fsp3) is 0.808. The maximum Gasteiger partial charge on any atom is 0.305 e. The highest BCUT2D eigenvalue weighted by atomic mass is 16.6. The number of hydrogen-bond acceptors (Lipinski definition) is 8. The van der Waals surface area contributed by atoms with Crippen LogP contribution in [0, 0.1) is 11.8 Å². The molecule has 0 spiro atoms. The van der Waals surface area contributed by atoms with Crippen LogP contribution in [0.3, 0.4) is 0 Å². The predicted molar refractivity (Wildman–Crippen MR) is 135 cm³/mol. The first-order valence-electron chi connectivity index (χ1n) is 12.6. The van der Waals surface area contributed by atoms with E-state index in [0.717, 1.165) is 6.41 Å². The highest BCUT2D eigenvalue weighted by Crippen LogP contribution is 2.27. The third-order valence-electron chi connectivity index (χ3n) is 6.36. The van der Waals surface area contributed by atoms with E-state index in [1.807, 2.05) is 26.8 Å². The average Bonchev–Trinajstić information content (AvgIpc) is 2.86. The van der Waals surface area contributed by atoms with Crippen molar-refractivity contribution in [2.24, 2.45) is 17.6 Å². The molecule has 0 aromatic carbocycles. The van der Waals surface area contributed by atoms with Gasteiger partial charge in [0.05, 0.1) is 12.2 Å². The quantitative estimate of drug-likeness (QED) is 0.212. The highest BCUT2D eigenvalue weighted by molar-refractivity contribution is 5.69. The zero-order valence-corrected chi connectivity index (χ0v) is 22.9. The Morgan fingerprint density at radius 3 is 2.03 bits per heavy atom. The summed E-state index contributed by atoms with van der Waals surface area (Å²) in [5, 5.41) is 0. The van der Waals surface area contributed by atoms with Crippen LogP contribution in [0.15, 0.2) is 12.3 Å². The molecule has 0 aromatic rings. The summed E-state index contributed by atoms with van der Waals surface area (Å²) in [6.07, 6.45) is 5.95. The van der Waals surface area contributed by atoms with Gasteiger partial charge in [-0.3, -0.25) is 14.4 Å². The van der Waals surface area contributed by atoms with Gasteiger partial charge < -0.3 is 29.6 Å². The third kappa shape index (κ3) is 12.5. The van der Waals surface area contributed by atoms with Gasteiger partial charge in [0, 0.05) is 64.6 Å². The third-order valence-corrected chi connectivity index (χ3v) is 6.36. The van der Waals surface area contributed by atoms with E-state index in [4.69, 9.17) is 24.7 Å². The van der Waals surface area contributed by atoms with Crippen LogP contribution in [-0.4, -0.2) is 75.0 Å². The first-order valence-corrected chi connectivity index (χ1v) is 12.6. The van der Waals surface area contributed by atoms with Gasteiger partial charge in [0.1, 0.15) is 12.2 Å². The molecule has 35 heavy (non-hydrogen) atoms. The summed E-state index contributed by atoms with van der Waals surface area (Å²) >= 11 is 0. The van der Waals surface area contributed by atoms with E-state index in [2.05, 4.69) is 0 Å². The molecular formula is C26H48N2O7. The Hall–Kier alpha value is -1.97. The number of esters is 2. The summed E-state index contributed by atoms with van der Waals surface area (Å²) in [7, 11) is 4.89. The van der Waals surface area contributed by atoms with Gasteiger partial charge in [0.2, 0.25) is 6.41 Å². The summed E-state index contributed by atoms with van der Waals surface area (Å²) in [4.78, 5) is 36.2. The molecular weight excluding hydrogens is 452 g/mol. The second-order valence-corrected chi connectivity index (χ2v) is 9.04. The van der Waals surface area contributed by atoms with E-state index in [9.17, 15) is 14.4 Å². The topological polar surface area (TPSA) is 117 Å². The number of hydrogen-bond donors (Lipinski definition) is 1. The maximum atomic E-state index is 12.2. The molecule has 204 valence electrons. The molecule has 0 radical (unpaired) electrons. The van der Waals surface area contributed by atoms with Crippen LogP contribution in [0.25, 0.3) is 0 Å². The van der Waals surface area contributed by atoms with Crippen LogP contribution < -0.4 is 5.73 Å². The Kier molecular flexibility index (Phi) is 17.3. The van der Waals surface area contributed by atoms with Crippen molar-refractivity contribution in [1.82, 2.24) is 4.90 Å². The molecule has 0 aromatic heterocycles. The molecule has 9 heteroatoms. The summed E-state index contributed by atoms with van der Waals surface area (Å²) in [5.41, 5.74) is 6.48. The van der Waals surface area contributed by atoms with Crippen molar-refractivity contribution >= 4 is 18.3 Å². The minimum absolute atomic E-state index is 0.0285. The number of nitrogens with two attached hydrogens (primary N) is 1. The molecule has 0 aliphatic carbocycles. The molecule has 2 N–H and O–H groups in total. The molecule has 0 saturated heterocycles. The molecule has 1 amide bonds. The van der Waals surface area contributed by atoms with Crippen LogP contribution in [0.5, 0.6) is 0 Å². The number of nitrogens with zero attached hydrogens (tertiary/aromatic N) is 1. The van der Waals surface area contributed by atoms with E-state index in [0.29, 0.717) is 32.1 Å². The van der Waals surface area contributed by atoms with Gasteiger partial charge in [-0.05, 0) is 19.3 Å². The lowest BCUT2D eigenvalue weighted by molar-refractivity contribution is -0.155. The number of ether oxygens (including phenoxy) is 4. The number of carbonyl (C=O) groups is 3. The zero-order valence-electron chi connectivity index (χ0n) is 22.9. The molecule has 0 saturated carbocycles. The molecule has 0 heterocycles. The van der Waals surface area contributed by atoms with Gasteiger partial charge in [0.15, 0.2) is 0 Å². The van der Waals surface area contributed by atoms with E-state index in [1.165, 1.54) is 4.90 Å². The molecule has 0 rings (SSSR count).